The molecule has 0 saturated heterocycles. The Bertz CT molecular complexity index is 886. The van der Waals surface area contributed by atoms with Crippen LogP contribution in [0.3, 0.4) is 0 Å². The predicted molar refractivity (Wildman–Crippen MR) is 114 cm³/mol. The van der Waals surface area contributed by atoms with Gasteiger partial charge in [0, 0.05) is 5.56 Å². The first-order valence-corrected chi connectivity index (χ1v) is 10.4. The van der Waals surface area contributed by atoms with Crippen LogP contribution in [0.1, 0.15) is 36.8 Å². The van der Waals surface area contributed by atoms with Crippen LogP contribution in [0.25, 0.3) is 0 Å². The van der Waals surface area contributed by atoms with Gasteiger partial charge in [-0.2, -0.15) is 5.26 Å². The molecular formula is C24H30N3O3+. The quantitative estimate of drug-likeness (QED) is 0.667. The summed E-state index contributed by atoms with van der Waals surface area (Å²) in [5.74, 6) is 1.29. The van der Waals surface area contributed by atoms with Crippen LogP contribution in [-0.2, 0) is 17.9 Å². The van der Waals surface area contributed by atoms with Gasteiger partial charge in [-0.25, -0.2) is 0 Å². The van der Waals surface area contributed by atoms with Crippen LogP contribution in [0, 0.1) is 11.3 Å². The van der Waals surface area contributed by atoms with E-state index in [1.807, 2.05) is 55.6 Å². The maximum absolute atomic E-state index is 12.4. The van der Waals surface area contributed by atoms with Crippen LogP contribution < -0.4 is 19.7 Å². The Morgan fingerprint density at radius 3 is 2.53 bits per heavy atom. The molecule has 0 spiro atoms. The van der Waals surface area contributed by atoms with E-state index < -0.39 is 5.54 Å². The van der Waals surface area contributed by atoms with Crippen molar-refractivity contribution in [1.82, 2.24) is 5.32 Å². The molecule has 1 aliphatic carbocycles. The monoisotopic (exact) mass is 408 g/mol. The van der Waals surface area contributed by atoms with E-state index in [0.717, 1.165) is 41.7 Å². The zero-order valence-corrected chi connectivity index (χ0v) is 17.7. The fourth-order valence-corrected chi connectivity index (χ4v) is 3.92. The van der Waals surface area contributed by atoms with E-state index in [1.54, 1.807) is 7.11 Å². The van der Waals surface area contributed by atoms with Crippen LogP contribution in [0.4, 0.5) is 0 Å². The molecule has 6 nitrogen and oxygen atoms in total. The van der Waals surface area contributed by atoms with Crippen molar-refractivity contribution in [2.75, 3.05) is 20.7 Å². The Kier molecular flexibility index (Phi) is 7.31. The van der Waals surface area contributed by atoms with Crippen molar-refractivity contribution in [3.05, 3.63) is 59.7 Å². The Labute approximate surface area is 178 Å². The molecule has 1 fully saturated rings. The van der Waals surface area contributed by atoms with Gasteiger partial charge in [-0.05, 0) is 49.4 Å². The van der Waals surface area contributed by atoms with E-state index in [2.05, 4.69) is 11.4 Å². The molecule has 1 unspecified atom stereocenters. The van der Waals surface area contributed by atoms with E-state index in [9.17, 15) is 10.1 Å². The summed E-state index contributed by atoms with van der Waals surface area (Å²) in [6, 6.07) is 18.2. The van der Waals surface area contributed by atoms with E-state index in [-0.39, 0.29) is 5.91 Å². The van der Waals surface area contributed by atoms with Crippen LogP contribution in [0.5, 0.6) is 11.5 Å². The molecule has 1 aliphatic rings. The van der Waals surface area contributed by atoms with Crippen molar-refractivity contribution in [1.29, 1.82) is 5.26 Å². The molecule has 6 heteroatoms. The van der Waals surface area contributed by atoms with Crippen LogP contribution in [0.2, 0.25) is 0 Å². The van der Waals surface area contributed by atoms with Crippen LogP contribution in [-0.4, -0.2) is 32.1 Å². The first-order chi connectivity index (χ1) is 14.5. The van der Waals surface area contributed by atoms with Gasteiger partial charge in [0.25, 0.3) is 5.91 Å². The Hall–Kier alpha value is -3.04. The molecule has 0 radical (unpaired) electrons. The van der Waals surface area contributed by atoms with Gasteiger partial charge in [-0.15, -0.1) is 0 Å². The summed E-state index contributed by atoms with van der Waals surface area (Å²) in [6.45, 7) is 1.46. The third kappa shape index (κ3) is 5.74. The van der Waals surface area contributed by atoms with Crippen molar-refractivity contribution in [3.8, 4) is 17.6 Å². The van der Waals surface area contributed by atoms with Gasteiger partial charge in [0.2, 0.25) is 0 Å². The summed E-state index contributed by atoms with van der Waals surface area (Å²) >= 11 is 0. The number of benzene rings is 2. The molecule has 30 heavy (non-hydrogen) atoms. The lowest BCUT2D eigenvalue weighted by molar-refractivity contribution is -0.885. The first-order valence-electron chi connectivity index (χ1n) is 10.4. The second kappa shape index (κ2) is 10.1. The summed E-state index contributed by atoms with van der Waals surface area (Å²) in [5, 5.41) is 12.4. The van der Waals surface area contributed by atoms with Crippen LogP contribution in [0.15, 0.2) is 48.5 Å². The van der Waals surface area contributed by atoms with E-state index in [0.29, 0.717) is 31.2 Å². The minimum Gasteiger partial charge on any atom is -0.493 e. The van der Waals surface area contributed by atoms with Crippen molar-refractivity contribution in [3.63, 3.8) is 0 Å². The number of amides is 1. The van der Waals surface area contributed by atoms with Gasteiger partial charge >= 0.3 is 0 Å². The van der Waals surface area contributed by atoms with E-state index in [1.165, 1.54) is 0 Å². The summed E-state index contributed by atoms with van der Waals surface area (Å²) in [6.07, 6.45) is 3.48. The number of nitrogens with zero attached hydrogens (tertiary/aromatic N) is 1. The lowest BCUT2D eigenvalue weighted by Gasteiger charge is -2.23. The summed E-state index contributed by atoms with van der Waals surface area (Å²) in [5.41, 5.74) is 1.48. The summed E-state index contributed by atoms with van der Waals surface area (Å²) < 4.78 is 11.4. The molecule has 0 heterocycles. The molecule has 0 bridgehead atoms. The highest BCUT2D eigenvalue weighted by Gasteiger charge is 2.35. The number of methoxy groups -OCH3 is 1. The second-order valence-electron chi connectivity index (χ2n) is 8.02. The fourth-order valence-electron chi connectivity index (χ4n) is 3.92. The highest BCUT2D eigenvalue weighted by molar-refractivity contribution is 5.78. The van der Waals surface area contributed by atoms with Gasteiger partial charge in [0.15, 0.2) is 18.0 Å². The Morgan fingerprint density at radius 2 is 1.87 bits per heavy atom. The molecular weight excluding hydrogens is 378 g/mol. The number of hydrogen-bond acceptors (Lipinski definition) is 4. The SMILES string of the molecule is COc1cc(C[NH+](C)CC(=O)NC2(C#N)CCCC2)ccc1OCc1ccccc1. The molecule has 158 valence electrons. The van der Waals surface area contributed by atoms with Gasteiger partial charge in [-0.3, -0.25) is 4.79 Å². The maximum atomic E-state index is 12.4. The molecule has 1 amide bonds. The molecule has 1 atom stereocenters. The number of likely N-dealkylation sites (N-methyl/N-ethyl adjacent to an activating group) is 1. The normalized spacial score (nSPS) is 15.8. The van der Waals surface area contributed by atoms with Crippen molar-refractivity contribution in [2.24, 2.45) is 0 Å². The van der Waals surface area contributed by atoms with Gasteiger partial charge in [-0.1, -0.05) is 30.3 Å². The second-order valence-corrected chi connectivity index (χ2v) is 8.02. The van der Waals surface area contributed by atoms with Crippen molar-refractivity contribution < 1.29 is 19.2 Å². The van der Waals surface area contributed by atoms with E-state index >= 15 is 0 Å². The molecule has 3 rings (SSSR count). The maximum Gasteiger partial charge on any atom is 0.276 e. The largest absolute Gasteiger partial charge is 0.493 e. The molecule has 0 aliphatic heterocycles. The topological polar surface area (TPSA) is 75.8 Å². The predicted octanol–water partition coefficient (Wildman–Crippen LogP) is 2.24. The molecule has 2 aromatic rings. The number of ether oxygens (including phenoxy) is 2. The average molecular weight is 409 g/mol. The highest BCUT2D eigenvalue weighted by Crippen LogP contribution is 2.29. The average Bonchev–Trinajstić information content (AvgIpc) is 3.22. The van der Waals surface area contributed by atoms with Crippen molar-refractivity contribution in [2.45, 2.75) is 44.4 Å². The van der Waals surface area contributed by atoms with E-state index in [4.69, 9.17) is 9.47 Å². The third-order valence-electron chi connectivity index (χ3n) is 5.48. The number of nitriles is 1. The molecule has 0 aromatic heterocycles. The fraction of sp³-hybridized carbons (Fsp3) is 0.417. The number of nitrogens with one attached hydrogen (secondary N) is 2. The highest BCUT2D eigenvalue weighted by atomic mass is 16.5. The van der Waals surface area contributed by atoms with Gasteiger partial charge in [0.05, 0.1) is 20.2 Å². The summed E-state index contributed by atoms with van der Waals surface area (Å²) in [7, 11) is 3.60. The Balaban J connectivity index is 1.55. The minimum atomic E-state index is -0.668. The van der Waals surface area contributed by atoms with Gasteiger partial charge < -0.3 is 19.7 Å². The number of hydrogen-bond donors (Lipinski definition) is 2. The smallest absolute Gasteiger partial charge is 0.276 e. The molecule has 2 aromatic carbocycles. The van der Waals surface area contributed by atoms with Crippen LogP contribution >= 0.6 is 0 Å². The Morgan fingerprint density at radius 1 is 1.13 bits per heavy atom. The zero-order valence-electron chi connectivity index (χ0n) is 17.7. The molecule has 2 N–H and O–H groups in total. The summed E-state index contributed by atoms with van der Waals surface area (Å²) in [4.78, 5) is 13.5. The van der Waals surface area contributed by atoms with Gasteiger partial charge in [0.1, 0.15) is 18.7 Å². The third-order valence-corrected chi connectivity index (χ3v) is 5.48. The number of rotatable bonds is 9. The lowest BCUT2D eigenvalue weighted by Crippen LogP contribution is -3.09. The first kappa shape index (κ1) is 21.7. The van der Waals surface area contributed by atoms with Crippen molar-refractivity contribution >= 4 is 5.91 Å². The zero-order chi connectivity index (χ0) is 21.4. The number of carbonyl (C=O) groups excluding carboxylic acids is 1. The number of quaternary nitrogens is 1. The minimum absolute atomic E-state index is 0.0780. The number of carbonyl (C=O) groups is 1. The lowest BCUT2D eigenvalue weighted by atomic mass is 10.00. The standard InChI is InChI=1S/C24H29N3O3/c1-27(16-23(28)26-24(18-25)12-6-7-13-24)15-20-10-11-21(22(14-20)29-2)30-17-19-8-4-3-5-9-19/h3-5,8-11,14H,6-7,12-13,15-17H2,1-2H3,(H,26,28)/p+1. The molecule has 1 saturated carbocycles.